The summed E-state index contributed by atoms with van der Waals surface area (Å²) in [5.41, 5.74) is 0. The van der Waals surface area contributed by atoms with Gasteiger partial charge in [0, 0.05) is 14.2 Å². The fourth-order valence-corrected chi connectivity index (χ4v) is 0.311. The molecule has 0 radical (unpaired) electrons. The van der Waals surface area contributed by atoms with Crippen LogP contribution in [-0.2, 0) is 14.3 Å². The first-order valence-electron chi connectivity index (χ1n) is 2.22. The predicted molar refractivity (Wildman–Crippen MR) is 27.9 cm³/mol. The minimum atomic E-state index is -0.347. The lowest BCUT2D eigenvalue weighted by Gasteiger charge is -2.09. The van der Waals surface area contributed by atoms with Crippen LogP contribution in [0.15, 0.2) is 0 Å². The predicted octanol–water partition coefficient (Wildman–Crippen LogP) is -0.504. The van der Waals surface area contributed by atoms with Crippen LogP contribution in [0.1, 0.15) is 0 Å². The van der Waals surface area contributed by atoms with Crippen molar-refractivity contribution in [1.82, 2.24) is 0 Å². The van der Waals surface area contributed by atoms with E-state index in [1.54, 1.807) is 0 Å². The van der Waals surface area contributed by atoms with Crippen molar-refractivity contribution >= 4 is 0 Å². The van der Waals surface area contributed by atoms with Gasteiger partial charge in [0.25, 0.3) is 0 Å². The second-order valence-electron chi connectivity index (χ2n) is 1.23. The third-order valence-corrected chi connectivity index (χ3v) is 0.758. The van der Waals surface area contributed by atoms with Crippen LogP contribution in [0.4, 0.5) is 0 Å². The Bertz CT molecular complexity index is 46.5. The van der Waals surface area contributed by atoms with Crippen molar-refractivity contribution < 1.29 is 14.3 Å². The van der Waals surface area contributed by atoms with Gasteiger partial charge in [0.15, 0.2) is 6.29 Å². The van der Waals surface area contributed by atoms with Crippen LogP contribution in [0.25, 0.3) is 0 Å². The average molecular weight is 121 g/mol. The molecule has 0 unspecified atom stereocenters. The minimum absolute atomic E-state index is 0.257. The molecule has 0 aliphatic heterocycles. The Hall–Kier alpha value is -0.160. The molecule has 0 heterocycles. The van der Waals surface area contributed by atoms with E-state index in [0.717, 1.165) is 0 Å². The first-order valence-corrected chi connectivity index (χ1v) is 2.22. The largest absolute Gasteiger partial charge is 0.353 e. The minimum Gasteiger partial charge on any atom is -0.353 e. The lowest BCUT2D eigenvalue weighted by atomic mass is 10.7. The molecule has 0 aromatic rings. The molecule has 0 aromatic heterocycles. The van der Waals surface area contributed by atoms with Gasteiger partial charge in [0.05, 0.1) is 0 Å². The first-order chi connectivity index (χ1) is 3.85. The summed E-state index contributed by atoms with van der Waals surface area (Å²) in [7, 11) is 3.04. The second-order valence-corrected chi connectivity index (χ2v) is 1.23. The van der Waals surface area contributed by atoms with Crippen molar-refractivity contribution in [2.45, 2.75) is 6.29 Å². The normalized spacial score (nSPS) is 10.5. The molecule has 8 heavy (non-hydrogen) atoms. The van der Waals surface area contributed by atoms with Gasteiger partial charge in [-0.3, -0.25) is 4.84 Å². The van der Waals surface area contributed by atoms with E-state index in [2.05, 4.69) is 4.84 Å². The summed E-state index contributed by atoms with van der Waals surface area (Å²) in [5, 5.41) is 0. The highest BCUT2D eigenvalue weighted by Crippen LogP contribution is 1.87. The van der Waals surface area contributed by atoms with E-state index in [4.69, 9.17) is 15.4 Å². The number of methoxy groups -OCH3 is 2. The van der Waals surface area contributed by atoms with Gasteiger partial charge in [-0.05, 0) is 0 Å². The Morgan fingerprint density at radius 3 is 2.00 bits per heavy atom. The highest BCUT2D eigenvalue weighted by molar-refractivity contribution is 4.33. The molecule has 0 rings (SSSR count). The average Bonchev–Trinajstić information content (AvgIpc) is 1.83. The SMILES string of the molecule is COC(CON)OC. The van der Waals surface area contributed by atoms with Gasteiger partial charge in [0.1, 0.15) is 6.61 Å². The summed E-state index contributed by atoms with van der Waals surface area (Å²) >= 11 is 0. The topological polar surface area (TPSA) is 53.7 Å². The van der Waals surface area contributed by atoms with Gasteiger partial charge >= 0.3 is 0 Å². The highest BCUT2D eigenvalue weighted by atomic mass is 16.7. The molecule has 0 saturated carbocycles. The van der Waals surface area contributed by atoms with Gasteiger partial charge in [-0.1, -0.05) is 0 Å². The monoisotopic (exact) mass is 121 g/mol. The molecule has 0 saturated heterocycles. The molecule has 0 aromatic carbocycles. The van der Waals surface area contributed by atoms with Crippen molar-refractivity contribution in [3.05, 3.63) is 0 Å². The number of hydrogen-bond acceptors (Lipinski definition) is 4. The fraction of sp³-hybridized carbons (Fsp3) is 1.00. The molecule has 50 valence electrons. The molecular weight excluding hydrogens is 110 g/mol. The maximum absolute atomic E-state index is 4.72. The summed E-state index contributed by atoms with van der Waals surface area (Å²) in [6.07, 6.45) is -0.347. The van der Waals surface area contributed by atoms with Crippen LogP contribution < -0.4 is 5.90 Å². The van der Waals surface area contributed by atoms with Crippen molar-refractivity contribution in [1.29, 1.82) is 0 Å². The molecule has 0 amide bonds. The summed E-state index contributed by atoms with van der Waals surface area (Å²) in [4.78, 5) is 4.24. The fourth-order valence-electron chi connectivity index (χ4n) is 0.311. The summed E-state index contributed by atoms with van der Waals surface area (Å²) in [5.74, 6) is 4.72. The van der Waals surface area contributed by atoms with Gasteiger partial charge in [0.2, 0.25) is 0 Å². The second kappa shape index (κ2) is 4.99. The van der Waals surface area contributed by atoms with Crippen LogP contribution >= 0.6 is 0 Å². The van der Waals surface area contributed by atoms with E-state index in [9.17, 15) is 0 Å². The van der Waals surface area contributed by atoms with Crippen LogP contribution in [0.2, 0.25) is 0 Å². The number of rotatable bonds is 4. The zero-order valence-electron chi connectivity index (χ0n) is 5.09. The zero-order chi connectivity index (χ0) is 6.41. The first kappa shape index (κ1) is 7.84. The Balaban J connectivity index is 3.07. The lowest BCUT2D eigenvalue weighted by Crippen LogP contribution is -2.22. The van der Waals surface area contributed by atoms with Crippen molar-refractivity contribution in [2.24, 2.45) is 5.90 Å². The van der Waals surface area contributed by atoms with E-state index in [1.807, 2.05) is 0 Å². The van der Waals surface area contributed by atoms with Crippen molar-refractivity contribution in [2.75, 3.05) is 20.8 Å². The number of hydrogen-bond donors (Lipinski definition) is 1. The van der Waals surface area contributed by atoms with E-state index in [-0.39, 0.29) is 12.9 Å². The van der Waals surface area contributed by atoms with Crippen LogP contribution in [0.3, 0.4) is 0 Å². The maximum atomic E-state index is 4.72. The standard InChI is InChI=1S/C4H11NO3/c1-6-4(7-2)3-8-5/h4H,3,5H2,1-2H3. The summed E-state index contributed by atoms with van der Waals surface area (Å²) in [6, 6.07) is 0. The highest BCUT2D eigenvalue weighted by Gasteiger charge is 2.01. The van der Waals surface area contributed by atoms with Crippen molar-refractivity contribution in [3.63, 3.8) is 0 Å². The molecule has 0 bridgehead atoms. The third kappa shape index (κ3) is 2.92. The lowest BCUT2D eigenvalue weighted by molar-refractivity contribution is -0.141. The van der Waals surface area contributed by atoms with Crippen LogP contribution in [-0.4, -0.2) is 27.1 Å². The van der Waals surface area contributed by atoms with Crippen molar-refractivity contribution in [3.8, 4) is 0 Å². The zero-order valence-corrected chi connectivity index (χ0v) is 5.09. The maximum Gasteiger partial charge on any atom is 0.182 e. The molecule has 0 fully saturated rings. The summed E-state index contributed by atoms with van der Waals surface area (Å²) in [6.45, 7) is 0.257. The van der Waals surface area contributed by atoms with Gasteiger partial charge in [-0.15, -0.1) is 0 Å². The Labute approximate surface area is 48.5 Å². The van der Waals surface area contributed by atoms with Gasteiger partial charge < -0.3 is 9.47 Å². The van der Waals surface area contributed by atoms with Gasteiger partial charge in [-0.2, -0.15) is 0 Å². The smallest absolute Gasteiger partial charge is 0.182 e. The number of ether oxygens (including phenoxy) is 2. The van der Waals surface area contributed by atoms with E-state index < -0.39 is 0 Å². The molecule has 0 atom stereocenters. The molecule has 4 nitrogen and oxygen atoms in total. The number of nitrogens with two attached hydrogens (primary N) is 1. The van der Waals surface area contributed by atoms with Crippen LogP contribution in [0, 0.1) is 0 Å². The van der Waals surface area contributed by atoms with E-state index in [0.29, 0.717) is 0 Å². The molecule has 2 N–H and O–H groups in total. The molecule has 4 heteroatoms. The Morgan fingerprint density at radius 1 is 1.38 bits per heavy atom. The Kier molecular flexibility index (Phi) is 4.89. The van der Waals surface area contributed by atoms with E-state index in [1.165, 1.54) is 14.2 Å². The third-order valence-electron chi connectivity index (χ3n) is 0.758. The van der Waals surface area contributed by atoms with E-state index >= 15 is 0 Å². The molecular formula is C4H11NO3. The van der Waals surface area contributed by atoms with Crippen LogP contribution in [0.5, 0.6) is 0 Å². The summed E-state index contributed by atoms with van der Waals surface area (Å²) < 4.78 is 9.43. The molecule has 0 aliphatic carbocycles. The quantitative estimate of drug-likeness (QED) is 0.402. The Morgan fingerprint density at radius 2 is 1.88 bits per heavy atom. The van der Waals surface area contributed by atoms with Gasteiger partial charge in [-0.25, -0.2) is 5.90 Å². The molecule has 0 spiro atoms. The molecule has 0 aliphatic rings.